The molecule has 2 N–H and O–H groups in total. The van der Waals surface area contributed by atoms with Crippen LogP contribution in [0, 0.1) is 13.8 Å². The van der Waals surface area contributed by atoms with E-state index in [1.807, 2.05) is 38.1 Å². The predicted molar refractivity (Wildman–Crippen MR) is 119 cm³/mol. The molecule has 0 radical (unpaired) electrons. The molecule has 172 valence electrons. The van der Waals surface area contributed by atoms with Crippen molar-refractivity contribution in [2.24, 2.45) is 0 Å². The number of nitrogens with one attached hydrogen (secondary N) is 1. The first-order valence-electron chi connectivity index (χ1n) is 10.0. The molecule has 0 aliphatic heterocycles. The zero-order chi connectivity index (χ0) is 23.8. The van der Waals surface area contributed by atoms with Gasteiger partial charge in [0.1, 0.15) is 19.2 Å². The number of aliphatic carboxylic acids is 1. The number of carbonyl (C=O) groups is 3. The minimum Gasteiger partial charge on any atom is -0.481 e. The number of hydrogen-bond donors (Lipinski definition) is 2. The van der Waals surface area contributed by atoms with Gasteiger partial charge in [-0.2, -0.15) is 0 Å². The Balaban J connectivity index is 1.64. The number of alkyl carbamates (subject to hydrolysis) is 1. The minimum atomic E-state index is -1.30. The number of benzene rings is 2. The van der Waals surface area contributed by atoms with E-state index in [1.165, 1.54) is 16.4 Å². The highest BCUT2D eigenvalue weighted by Gasteiger charge is 2.26. The number of amides is 1. The zero-order valence-corrected chi connectivity index (χ0v) is 18.9. The summed E-state index contributed by atoms with van der Waals surface area (Å²) in [5.74, 6) is -1.80. The summed E-state index contributed by atoms with van der Waals surface area (Å²) in [6.07, 6.45) is -1.49. The van der Waals surface area contributed by atoms with Crippen LogP contribution in [0.2, 0.25) is 0 Å². The molecule has 0 spiro atoms. The summed E-state index contributed by atoms with van der Waals surface area (Å²) in [4.78, 5) is 37.2. The molecule has 1 unspecified atom stereocenters. The van der Waals surface area contributed by atoms with Crippen molar-refractivity contribution in [1.82, 2.24) is 25.5 Å². The van der Waals surface area contributed by atoms with Crippen LogP contribution in [0.4, 0.5) is 4.79 Å². The molecule has 0 saturated carbocycles. The Hall–Kier alpha value is -3.73. The number of rotatable bonds is 10. The third-order valence-corrected chi connectivity index (χ3v) is 5.76. The van der Waals surface area contributed by atoms with Crippen molar-refractivity contribution in [3.05, 3.63) is 65.2 Å². The second kappa shape index (κ2) is 11.2. The van der Waals surface area contributed by atoms with Gasteiger partial charge in [0.25, 0.3) is 0 Å². The molecule has 0 saturated heterocycles. The number of aryl methyl sites for hydroxylation is 2. The van der Waals surface area contributed by atoms with E-state index in [0.717, 1.165) is 21.6 Å². The Morgan fingerprint density at radius 1 is 1.15 bits per heavy atom. The molecule has 0 bridgehead atoms. The maximum atomic E-state index is 12.8. The summed E-state index contributed by atoms with van der Waals surface area (Å²) in [5, 5.41) is 23.3. The van der Waals surface area contributed by atoms with Gasteiger partial charge in [-0.3, -0.25) is 9.59 Å². The maximum Gasteiger partial charge on any atom is 0.408 e. The lowest BCUT2D eigenvalue weighted by molar-refractivity contribution is -0.139. The van der Waals surface area contributed by atoms with E-state index in [0.29, 0.717) is 5.16 Å². The zero-order valence-electron chi connectivity index (χ0n) is 18.1. The summed E-state index contributed by atoms with van der Waals surface area (Å²) >= 11 is 1.29. The van der Waals surface area contributed by atoms with Gasteiger partial charge in [0.15, 0.2) is 5.78 Å². The van der Waals surface area contributed by atoms with Crippen LogP contribution in [0.1, 0.15) is 23.1 Å². The monoisotopic (exact) mass is 469 g/mol. The molecule has 3 aromatic rings. The van der Waals surface area contributed by atoms with Crippen molar-refractivity contribution in [3.63, 3.8) is 0 Å². The van der Waals surface area contributed by atoms with Gasteiger partial charge in [-0.1, -0.05) is 48.0 Å². The summed E-state index contributed by atoms with van der Waals surface area (Å²) in [7, 11) is 0. The summed E-state index contributed by atoms with van der Waals surface area (Å²) < 4.78 is 6.38. The van der Waals surface area contributed by atoms with Gasteiger partial charge in [0, 0.05) is 4.90 Å². The van der Waals surface area contributed by atoms with Crippen molar-refractivity contribution in [2.45, 2.75) is 49.5 Å². The van der Waals surface area contributed by atoms with Crippen molar-refractivity contribution in [1.29, 1.82) is 0 Å². The van der Waals surface area contributed by atoms with Crippen LogP contribution >= 0.6 is 11.8 Å². The molecular formula is C22H23N5O5S. The Morgan fingerprint density at radius 2 is 1.91 bits per heavy atom. The van der Waals surface area contributed by atoms with Gasteiger partial charge in [-0.15, -0.1) is 5.10 Å². The smallest absolute Gasteiger partial charge is 0.408 e. The van der Waals surface area contributed by atoms with Gasteiger partial charge in [0.2, 0.25) is 5.16 Å². The lowest BCUT2D eigenvalue weighted by Gasteiger charge is -2.16. The number of aromatic nitrogens is 4. The Kier molecular flexibility index (Phi) is 8.14. The molecule has 2 aromatic carbocycles. The van der Waals surface area contributed by atoms with Crippen LogP contribution in [0.25, 0.3) is 0 Å². The third-order valence-electron chi connectivity index (χ3n) is 4.61. The molecule has 0 aliphatic rings. The molecule has 11 heteroatoms. The Bertz CT molecular complexity index is 1140. The summed E-state index contributed by atoms with van der Waals surface area (Å²) in [6.45, 7) is 3.63. The highest BCUT2D eigenvalue weighted by atomic mass is 32.2. The number of carboxylic acid groups (broad SMARTS) is 1. The number of hydrogen-bond acceptors (Lipinski definition) is 8. The van der Waals surface area contributed by atoms with Crippen LogP contribution < -0.4 is 5.32 Å². The lowest BCUT2D eigenvalue weighted by Crippen LogP contribution is -2.44. The highest BCUT2D eigenvalue weighted by Crippen LogP contribution is 2.28. The molecule has 1 heterocycles. The van der Waals surface area contributed by atoms with E-state index in [2.05, 4.69) is 20.8 Å². The molecule has 0 fully saturated rings. The van der Waals surface area contributed by atoms with Crippen molar-refractivity contribution >= 4 is 29.6 Å². The van der Waals surface area contributed by atoms with Crippen LogP contribution in [-0.4, -0.2) is 49.2 Å². The van der Waals surface area contributed by atoms with E-state index in [-0.39, 0.29) is 13.2 Å². The SMILES string of the molecule is Cc1ccc(Sc2nnnn2CC(=O)C(CC(=O)O)NC(=O)OCc2ccccc2)c(C)c1. The predicted octanol–water partition coefficient (Wildman–Crippen LogP) is 2.78. The van der Waals surface area contributed by atoms with Gasteiger partial charge in [-0.05, 0) is 53.2 Å². The van der Waals surface area contributed by atoms with Gasteiger partial charge in [0.05, 0.1) is 6.42 Å². The Morgan fingerprint density at radius 3 is 2.61 bits per heavy atom. The van der Waals surface area contributed by atoms with Crippen LogP contribution in [0.5, 0.6) is 0 Å². The number of tetrazole rings is 1. The number of carbonyl (C=O) groups excluding carboxylic acids is 2. The van der Waals surface area contributed by atoms with E-state index in [4.69, 9.17) is 4.74 Å². The molecule has 0 aliphatic carbocycles. The highest BCUT2D eigenvalue weighted by molar-refractivity contribution is 7.99. The van der Waals surface area contributed by atoms with Crippen LogP contribution in [0.15, 0.2) is 58.6 Å². The van der Waals surface area contributed by atoms with Crippen molar-refractivity contribution < 1.29 is 24.2 Å². The first-order chi connectivity index (χ1) is 15.8. The molecule has 1 aromatic heterocycles. The van der Waals surface area contributed by atoms with E-state index < -0.39 is 30.3 Å². The molecule has 10 nitrogen and oxygen atoms in total. The number of Topliss-reactive ketones (excluding diaryl/α,β-unsaturated/α-hetero) is 1. The lowest BCUT2D eigenvalue weighted by atomic mass is 10.1. The topological polar surface area (TPSA) is 136 Å². The van der Waals surface area contributed by atoms with Crippen molar-refractivity contribution in [2.75, 3.05) is 0 Å². The standard InChI is InChI=1S/C22H23N5O5S/c1-14-8-9-19(15(2)10-14)33-21-24-25-26-27(21)12-18(28)17(11-20(29)30)23-22(31)32-13-16-6-4-3-5-7-16/h3-10,17H,11-13H2,1-2H3,(H,23,31)(H,29,30). The summed E-state index contributed by atoms with van der Waals surface area (Å²) in [5.41, 5.74) is 2.91. The number of ketones is 1. The van der Waals surface area contributed by atoms with E-state index in [1.54, 1.807) is 24.3 Å². The number of carboxylic acids is 1. The largest absolute Gasteiger partial charge is 0.481 e. The maximum absolute atomic E-state index is 12.8. The van der Waals surface area contributed by atoms with Crippen LogP contribution in [0.3, 0.4) is 0 Å². The minimum absolute atomic E-state index is 0.00958. The molecule has 1 amide bonds. The Labute approximate surface area is 194 Å². The second-order valence-corrected chi connectivity index (χ2v) is 8.32. The average molecular weight is 470 g/mol. The first-order valence-corrected chi connectivity index (χ1v) is 10.9. The molecular weight excluding hydrogens is 446 g/mol. The summed E-state index contributed by atoms with van der Waals surface area (Å²) in [6, 6.07) is 13.6. The van der Waals surface area contributed by atoms with Crippen molar-refractivity contribution in [3.8, 4) is 0 Å². The molecule has 3 rings (SSSR count). The first kappa shape index (κ1) is 23.9. The fraction of sp³-hybridized carbons (Fsp3) is 0.273. The molecule has 33 heavy (non-hydrogen) atoms. The fourth-order valence-corrected chi connectivity index (χ4v) is 3.80. The van der Waals surface area contributed by atoms with Gasteiger partial charge < -0.3 is 15.2 Å². The fourth-order valence-electron chi connectivity index (χ4n) is 2.97. The van der Waals surface area contributed by atoms with E-state index in [9.17, 15) is 19.5 Å². The number of ether oxygens (including phenoxy) is 1. The van der Waals surface area contributed by atoms with Gasteiger partial charge in [-0.25, -0.2) is 9.48 Å². The average Bonchev–Trinajstić information content (AvgIpc) is 3.20. The van der Waals surface area contributed by atoms with Gasteiger partial charge >= 0.3 is 12.1 Å². The van der Waals surface area contributed by atoms with E-state index >= 15 is 0 Å². The normalized spacial score (nSPS) is 11.6. The second-order valence-electron chi connectivity index (χ2n) is 7.31. The van der Waals surface area contributed by atoms with Crippen LogP contribution in [-0.2, 0) is 27.5 Å². The third kappa shape index (κ3) is 7.14. The number of nitrogens with zero attached hydrogens (tertiary/aromatic N) is 4. The quantitative estimate of drug-likeness (QED) is 0.459. The molecule has 1 atom stereocenters.